The summed E-state index contributed by atoms with van der Waals surface area (Å²) < 4.78 is 15.2. The predicted molar refractivity (Wildman–Crippen MR) is 95.1 cm³/mol. The van der Waals surface area contributed by atoms with Crippen LogP contribution < -0.4 is 0 Å². The predicted octanol–water partition coefficient (Wildman–Crippen LogP) is 3.19. The van der Waals surface area contributed by atoms with Crippen LogP contribution >= 0.6 is 12.2 Å². The highest BCUT2D eigenvalue weighted by molar-refractivity contribution is 7.71. The highest BCUT2D eigenvalue weighted by Crippen LogP contribution is 2.23. The number of carbonyl (C=O) groups is 1. The van der Waals surface area contributed by atoms with Gasteiger partial charge in [-0.1, -0.05) is 0 Å². The van der Waals surface area contributed by atoms with Crippen LogP contribution in [0.5, 0.6) is 0 Å². The SMILES string of the molecule is Cc1nn(C)cc1CN(C)C(=O)c1[nH]c(=S)[nH]c1-c1ccc(F)cc1. The lowest BCUT2D eigenvalue weighted by atomic mass is 10.1. The molecule has 3 aromatic rings. The molecule has 1 amide bonds. The Balaban J connectivity index is 1.90. The van der Waals surface area contributed by atoms with E-state index >= 15 is 0 Å². The van der Waals surface area contributed by atoms with Crippen molar-refractivity contribution in [3.63, 3.8) is 0 Å². The van der Waals surface area contributed by atoms with E-state index in [0.29, 0.717) is 28.3 Å². The molecule has 6 nitrogen and oxygen atoms in total. The van der Waals surface area contributed by atoms with E-state index in [9.17, 15) is 9.18 Å². The van der Waals surface area contributed by atoms with Crippen LogP contribution in [0.1, 0.15) is 21.7 Å². The van der Waals surface area contributed by atoms with Crippen LogP contribution in [0.4, 0.5) is 4.39 Å². The Morgan fingerprint density at radius 2 is 2.00 bits per heavy atom. The van der Waals surface area contributed by atoms with Gasteiger partial charge in [-0.2, -0.15) is 5.10 Å². The zero-order chi connectivity index (χ0) is 18.1. The number of amides is 1. The number of carbonyl (C=O) groups excluding carboxylic acids is 1. The fourth-order valence-electron chi connectivity index (χ4n) is 2.70. The highest BCUT2D eigenvalue weighted by Gasteiger charge is 2.20. The van der Waals surface area contributed by atoms with E-state index in [1.807, 2.05) is 20.2 Å². The topological polar surface area (TPSA) is 69.7 Å². The summed E-state index contributed by atoms with van der Waals surface area (Å²) in [4.78, 5) is 20.3. The first kappa shape index (κ1) is 17.1. The van der Waals surface area contributed by atoms with Gasteiger partial charge in [-0.25, -0.2) is 4.39 Å². The van der Waals surface area contributed by atoms with Gasteiger partial charge in [-0.3, -0.25) is 9.48 Å². The van der Waals surface area contributed by atoms with E-state index in [1.54, 1.807) is 28.8 Å². The highest BCUT2D eigenvalue weighted by atomic mass is 32.1. The lowest BCUT2D eigenvalue weighted by molar-refractivity contribution is 0.0780. The number of nitrogens with zero attached hydrogens (tertiary/aromatic N) is 3. The van der Waals surface area contributed by atoms with Crippen LogP contribution in [0, 0.1) is 17.5 Å². The number of H-pyrrole nitrogens is 2. The molecule has 0 fully saturated rings. The monoisotopic (exact) mass is 359 g/mol. The van der Waals surface area contributed by atoms with Gasteiger partial charge in [-0.15, -0.1) is 0 Å². The van der Waals surface area contributed by atoms with Crippen molar-refractivity contribution in [1.29, 1.82) is 0 Å². The fourth-order valence-corrected chi connectivity index (χ4v) is 2.90. The average molecular weight is 359 g/mol. The number of aromatic amines is 2. The molecule has 130 valence electrons. The largest absolute Gasteiger partial charge is 0.336 e. The van der Waals surface area contributed by atoms with Gasteiger partial charge in [0.2, 0.25) is 0 Å². The summed E-state index contributed by atoms with van der Waals surface area (Å²) in [5.74, 6) is -0.551. The second kappa shape index (κ2) is 6.64. The lowest BCUT2D eigenvalue weighted by Gasteiger charge is -2.16. The summed E-state index contributed by atoms with van der Waals surface area (Å²) in [6, 6.07) is 5.89. The van der Waals surface area contributed by atoms with E-state index in [4.69, 9.17) is 12.2 Å². The molecule has 2 heterocycles. The first-order valence-electron chi connectivity index (χ1n) is 7.68. The van der Waals surface area contributed by atoms with Crippen molar-refractivity contribution in [1.82, 2.24) is 24.6 Å². The Kier molecular flexibility index (Phi) is 4.54. The molecule has 0 spiro atoms. The number of halogens is 1. The van der Waals surface area contributed by atoms with Crippen molar-refractivity contribution in [3.8, 4) is 11.3 Å². The molecule has 0 atom stereocenters. The molecule has 0 unspecified atom stereocenters. The van der Waals surface area contributed by atoms with Crippen molar-refractivity contribution >= 4 is 18.1 Å². The van der Waals surface area contributed by atoms with Crippen molar-refractivity contribution in [3.05, 3.63) is 58.0 Å². The third kappa shape index (κ3) is 3.53. The maximum absolute atomic E-state index is 13.2. The van der Waals surface area contributed by atoms with E-state index in [1.165, 1.54) is 12.1 Å². The minimum atomic E-state index is -0.338. The number of aryl methyl sites for hydroxylation is 2. The fraction of sp³-hybridized carbons (Fsp3) is 0.235. The van der Waals surface area contributed by atoms with E-state index < -0.39 is 0 Å². The lowest BCUT2D eigenvalue weighted by Crippen LogP contribution is -2.27. The zero-order valence-electron chi connectivity index (χ0n) is 14.1. The Hall–Kier alpha value is -2.74. The summed E-state index contributed by atoms with van der Waals surface area (Å²) in [5.41, 5.74) is 3.42. The van der Waals surface area contributed by atoms with Crippen LogP contribution in [-0.2, 0) is 13.6 Å². The zero-order valence-corrected chi connectivity index (χ0v) is 14.9. The summed E-state index contributed by atoms with van der Waals surface area (Å²) in [6.45, 7) is 2.33. The van der Waals surface area contributed by atoms with Crippen LogP contribution in [0.25, 0.3) is 11.3 Å². The maximum atomic E-state index is 13.2. The van der Waals surface area contributed by atoms with Gasteiger partial charge in [0.15, 0.2) is 4.77 Å². The molecule has 0 aliphatic rings. The summed E-state index contributed by atoms with van der Waals surface area (Å²) in [7, 11) is 3.56. The van der Waals surface area contributed by atoms with Crippen molar-refractivity contribution in [2.45, 2.75) is 13.5 Å². The summed E-state index contributed by atoms with van der Waals surface area (Å²) >= 11 is 5.14. The van der Waals surface area contributed by atoms with Crippen molar-refractivity contribution < 1.29 is 9.18 Å². The molecule has 2 N–H and O–H groups in total. The van der Waals surface area contributed by atoms with Crippen molar-refractivity contribution in [2.75, 3.05) is 7.05 Å². The smallest absolute Gasteiger partial charge is 0.272 e. The minimum absolute atomic E-state index is 0.213. The third-order valence-corrected chi connectivity index (χ3v) is 4.15. The molecule has 8 heteroatoms. The normalized spacial score (nSPS) is 10.9. The molecular formula is C17H18FN5OS. The Bertz CT molecular complexity index is 970. The average Bonchev–Trinajstić information content (AvgIpc) is 3.09. The maximum Gasteiger partial charge on any atom is 0.272 e. The number of benzene rings is 1. The minimum Gasteiger partial charge on any atom is -0.336 e. The summed E-state index contributed by atoms with van der Waals surface area (Å²) in [6.07, 6.45) is 1.89. The Labute approximate surface area is 149 Å². The second-order valence-electron chi connectivity index (χ2n) is 5.91. The molecule has 25 heavy (non-hydrogen) atoms. The summed E-state index contributed by atoms with van der Waals surface area (Å²) in [5, 5.41) is 4.29. The Morgan fingerprint density at radius 1 is 1.32 bits per heavy atom. The molecule has 0 bridgehead atoms. The van der Waals surface area contributed by atoms with Crippen LogP contribution in [-0.4, -0.2) is 37.6 Å². The second-order valence-corrected chi connectivity index (χ2v) is 6.32. The number of aromatic nitrogens is 4. The number of imidazole rings is 1. The number of rotatable bonds is 4. The molecule has 2 aromatic heterocycles. The van der Waals surface area contributed by atoms with Crippen molar-refractivity contribution in [2.24, 2.45) is 7.05 Å². The van der Waals surface area contributed by atoms with E-state index in [-0.39, 0.29) is 11.7 Å². The molecule has 3 rings (SSSR count). The third-order valence-electron chi connectivity index (χ3n) is 3.94. The van der Waals surface area contributed by atoms with E-state index in [0.717, 1.165) is 11.3 Å². The standard InChI is InChI=1S/C17H18FN5OS/c1-10-12(9-23(3)21-10)8-22(2)16(24)15-14(19-17(25)20-15)11-4-6-13(18)7-5-11/h4-7,9H,8H2,1-3H3,(H2,19,20,25). The van der Waals surface area contributed by atoms with Gasteiger partial charge in [0, 0.05) is 38.0 Å². The number of nitrogens with one attached hydrogen (secondary N) is 2. The van der Waals surface area contributed by atoms with Gasteiger partial charge in [0.25, 0.3) is 5.91 Å². The molecule has 0 aliphatic carbocycles. The van der Waals surface area contributed by atoms with Crippen LogP contribution in [0.2, 0.25) is 0 Å². The number of hydrogen-bond acceptors (Lipinski definition) is 3. The molecule has 0 aliphatic heterocycles. The first-order valence-corrected chi connectivity index (χ1v) is 8.09. The van der Waals surface area contributed by atoms with Crippen LogP contribution in [0.15, 0.2) is 30.5 Å². The molecular weight excluding hydrogens is 341 g/mol. The quantitative estimate of drug-likeness (QED) is 0.703. The first-order chi connectivity index (χ1) is 11.8. The van der Waals surface area contributed by atoms with Crippen LogP contribution in [0.3, 0.4) is 0 Å². The Morgan fingerprint density at radius 3 is 2.60 bits per heavy atom. The van der Waals surface area contributed by atoms with E-state index in [2.05, 4.69) is 15.1 Å². The van der Waals surface area contributed by atoms with Gasteiger partial charge in [0.05, 0.1) is 11.4 Å². The van der Waals surface area contributed by atoms with Gasteiger partial charge < -0.3 is 14.9 Å². The van der Waals surface area contributed by atoms with Gasteiger partial charge >= 0.3 is 0 Å². The van der Waals surface area contributed by atoms with Gasteiger partial charge in [-0.05, 0) is 43.4 Å². The molecule has 0 radical (unpaired) electrons. The molecule has 0 saturated carbocycles. The number of hydrogen-bond donors (Lipinski definition) is 2. The molecule has 0 saturated heterocycles. The van der Waals surface area contributed by atoms with Gasteiger partial charge in [0.1, 0.15) is 11.5 Å². The molecule has 1 aromatic carbocycles.